The molecule has 49 heavy (non-hydrogen) atoms. The van der Waals surface area contributed by atoms with Gasteiger partial charge in [0.25, 0.3) is 5.91 Å². The van der Waals surface area contributed by atoms with E-state index in [4.69, 9.17) is 29.8 Å². The van der Waals surface area contributed by atoms with Crippen LogP contribution in [0.2, 0.25) is 0 Å². The zero-order valence-electron chi connectivity index (χ0n) is 27.0. The summed E-state index contributed by atoms with van der Waals surface area (Å²) in [5.74, 6) is 1.16. The number of hydrogen-bond donors (Lipinski definition) is 2. The van der Waals surface area contributed by atoms with Crippen LogP contribution in [0.4, 0.5) is 5.69 Å². The second-order valence-electron chi connectivity index (χ2n) is 11.2. The van der Waals surface area contributed by atoms with Crippen molar-refractivity contribution in [2.24, 2.45) is 15.2 Å². The molecule has 0 unspecified atom stereocenters. The quantitative estimate of drug-likeness (QED) is 0.0562. The summed E-state index contributed by atoms with van der Waals surface area (Å²) < 4.78 is 17.7. The third-order valence-electron chi connectivity index (χ3n) is 8.11. The van der Waals surface area contributed by atoms with E-state index in [1.807, 2.05) is 48.5 Å². The number of hydrogen-bond acceptors (Lipinski definition) is 8. The minimum absolute atomic E-state index is 0.0256. The van der Waals surface area contributed by atoms with Gasteiger partial charge in [-0.1, -0.05) is 70.9 Å². The third kappa shape index (κ3) is 8.30. The van der Waals surface area contributed by atoms with Crippen molar-refractivity contribution in [3.8, 4) is 11.5 Å². The van der Waals surface area contributed by atoms with Gasteiger partial charge < -0.3 is 24.6 Å². The lowest BCUT2D eigenvalue weighted by molar-refractivity contribution is -0.128. The number of azide groups is 2. The van der Waals surface area contributed by atoms with Crippen LogP contribution in [0.25, 0.3) is 20.9 Å². The number of benzene rings is 4. The van der Waals surface area contributed by atoms with Gasteiger partial charge in [0.1, 0.15) is 11.5 Å². The molecule has 1 amide bonds. The monoisotopic (exact) mass is 660 g/mol. The molecule has 1 heterocycles. The molecule has 5 rings (SSSR count). The lowest BCUT2D eigenvalue weighted by atomic mass is 9.80. The van der Waals surface area contributed by atoms with E-state index in [-0.39, 0.29) is 25.5 Å². The fraction of sp³-hybridized carbons (Fsp3) is 0.278. The molecule has 0 radical (unpaired) electrons. The topological polar surface area (TPSA) is 187 Å². The van der Waals surface area contributed by atoms with Gasteiger partial charge in [0, 0.05) is 47.1 Å². The van der Waals surface area contributed by atoms with Gasteiger partial charge in [0.05, 0.1) is 20.3 Å². The summed E-state index contributed by atoms with van der Waals surface area (Å²) >= 11 is 0. The van der Waals surface area contributed by atoms with E-state index in [9.17, 15) is 10.3 Å². The Morgan fingerprint density at radius 1 is 0.980 bits per heavy atom. The number of ether oxygens (including phenoxy) is 3. The molecule has 13 nitrogen and oxygen atoms in total. The fourth-order valence-electron chi connectivity index (χ4n) is 5.70. The van der Waals surface area contributed by atoms with Crippen LogP contribution in [0.15, 0.2) is 112 Å². The number of aliphatic imine (C=N–C) groups is 1. The Labute approximate surface area is 283 Å². The van der Waals surface area contributed by atoms with Crippen LogP contribution in [-0.2, 0) is 28.9 Å². The van der Waals surface area contributed by atoms with E-state index in [1.54, 1.807) is 55.6 Å². The number of carbonyl (C=O) groups excluding carboxylic acids is 1. The van der Waals surface area contributed by atoms with Crippen LogP contribution in [0.5, 0.6) is 11.5 Å². The molecular weight excluding hydrogens is 624 g/mol. The molecule has 2 N–H and O–H groups in total. The molecule has 13 heteroatoms. The Hall–Kier alpha value is -6.00. The number of aliphatic hydroxyl groups excluding tert-OH is 1. The molecule has 250 valence electrons. The summed E-state index contributed by atoms with van der Waals surface area (Å²) in [5, 5.41) is 19.9. The molecule has 0 aromatic heterocycles. The van der Waals surface area contributed by atoms with Crippen molar-refractivity contribution in [1.82, 2.24) is 5.32 Å². The van der Waals surface area contributed by atoms with Crippen molar-refractivity contribution in [2.45, 2.75) is 37.5 Å². The standard InChI is InChI=1S/C36H36N8O5/c1-47-30-11-6-8-25(22-30)18-19-39-35(46)36(23-27-9-3-5-13-32(27)42-44-38)33(31-12-4-2-10-28(31)24-40-43-37)49-34(41-36)26-14-16-29(17-15-26)48-21-7-20-45/h2-6,8-17,22,33,45H,7,18-21,23-24H2,1H3,(H,39,46)/t33-,36-/m1/s1. The Bertz CT molecular complexity index is 1890. The molecule has 0 saturated carbocycles. The molecule has 0 bridgehead atoms. The Kier molecular flexibility index (Phi) is 11.7. The highest BCUT2D eigenvalue weighted by Gasteiger charge is 2.54. The minimum Gasteiger partial charge on any atom is -0.497 e. The number of nitrogens with one attached hydrogen (secondary N) is 1. The SMILES string of the molecule is COc1cccc(CCNC(=O)[C@]2(Cc3ccccc3N=[N+]=[N-])N=C(c3ccc(OCCCO)cc3)O[C@@H]2c2ccccc2CN=[N+]=[N-])c1. The van der Waals surface area contributed by atoms with Crippen molar-refractivity contribution in [1.29, 1.82) is 0 Å². The Balaban J connectivity index is 1.60. The number of methoxy groups -OCH3 is 1. The average Bonchev–Trinajstić information content (AvgIpc) is 3.52. The van der Waals surface area contributed by atoms with Crippen LogP contribution in [-0.4, -0.2) is 49.3 Å². The summed E-state index contributed by atoms with van der Waals surface area (Å²) in [6, 6.07) is 29.1. The first kappa shape index (κ1) is 34.3. The molecule has 1 aliphatic heterocycles. The maximum absolute atomic E-state index is 14.7. The molecule has 0 saturated heterocycles. The van der Waals surface area contributed by atoms with Crippen LogP contribution in [0, 0.1) is 0 Å². The van der Waals surface area contributed by atoms with Gasteiger partial charge in [0.2, 0.25) is 5.90 Å². The van der Waals surface area contributed by atoms with Gasteiger partial charge >= 0.3 is 0 Å². The molecular formula is C36H36N8O5. The predicted octanol–water partition coefficient (Wildman–Crippen LogP) is 7.07. The van der Waals surface area contributed by atoms with Gasteiger partial charge in [-0.05, 0) is 76.1 Å². The van der Waals surface area contributed by atoms with Crippen molar-refractivity contribution >= 4 is 17.5 Å². The fourth-order valence-corrected chi connectivity index (χ4v) is 5.70. The van der Waals surface area contributed by atoms with Crippen molar-refractivity contribution in [2.75, 3.05) is 26.9 Å². The predicted molar refractivity (Wildman–Crippen MR) is 185 cm³/mol. The first-order chi connectivity index (χ1) is 24.0. The average molecular weight is 661 g/mol. The van der Waals surface area contributed by atoms with Gasteiger partial charge in [-0.3, -0.25) is 4.79 Å². The zero-order chi connectivity index (χ0) is 34.5. The maximum atomic E-state index is 14.7. The molecule has 0 fully saturated rings. The van der Waals surface area contributed by atoms with E-state index in [2.05, 4.69) is 25.4 Å². The first-order valence-electron chi connectivity index (χ1n) is 15.7. The molecule has 0 aliphatic carbocycles. The minimum atomic E-state index is -1.58. The Morgan fingerprint density at radius 3 is 2.51 bits per heavy atom. The van der Waals surface area contributed by atoms with Gasteiger partial charge in [-0.2, -0.15) is 0 Å². The van der Waals surface area contributed by atoms with E-state index >= 15 is 0 Å². The van der Waals surface area contributed by atoms with E-state index in [0.29, 0.717) is 59.7 Å². The lowest BCUT2D eigenvalue weighted by Crippen LogP contribution is -2.50. The number of rotatable bonds is 16. The van der Waals surface area contributed by atoms with E-state index in [1.165, 1.54) is 0 Å². The highest BCUT2D eigenvalue weighted by Crippen LogP contribution is 2.45. The molecule has 2 atom stereocenters. The van der Waals surface area contributed by atoms with Crippen LogP contribution < -0.4 is 14.8 Å². The summed E-state index contributed by atoms with van der Waals surface area (Å²) in [4.78, 5) is 25.7. The molecule has 1 aliphatic rings. The van der Waals surface area contributed by atoms with E-state index < -0.39 is 17.6 Å². The smallest absolute Gasteiger partial charge is 0.252 e. The number of nitrogens with zero attached hydrogens (tertiary/aromatic N) is 7. The highest BCUT2D eigenvalue weighted by atomic mass is 16.5. The lowest BCUT2D eigenvalue weighted by Gasteiger charge is -2.32. The maximum Gasteiger partial charge on any atom is 0.252 e. The highest BCUT2D eigenvalue weighted by molar-refractivity contribution is 6.01. The van der Waals surface area contributed by atoms with Crippen molar-refractivity contribution in [3.05, 3.63) is 146 Å². The van der Waals surface area contributed by atoms with Crippen molar-refractivity contribution in [3.63, 3.8) is 0 Å². The van der Waals surface area contributed by atoms with Crippen LogP contribution >= 0.6 is 0 Å². The summed E-state index contributed by atoms with van der Waals surface area (Å²) in [6.45, 7) is 0.715. The largest absolute Gasteiger partial charge is 0.497 e. The van der Waals surface area contributed by atoms with Crippen LogP contribution in [0.1, 0.15) is 40.3 Å². The number of amides is 1. The van der Waals surface area contributed by atoms with Gasteiger partial charge in [-0.25, -0.2) is 4.99 Å². The summed E-state index contributed by atoms with van der Waals surface area (Å²) in [6.07, 6.45) is 0.103. The second kappa shape index (κ2) is 16.7. The van der Waals surface area contributed by atoms with Crippen molar-refractivity contribution < 1.29 is 24.1 Å². The number of aliphatic hydroxyl groups is 1. The van der Waals surface area contributed by atoms with Crippen LogP contribution in [0.3, 0.4) is 0 Å². The summed E-state index contributed by atoms with van der Waals surface area (Å²) in [5.41, 5.74) is 20.7. The van der Waals surface area contributed by atoms with E-state index in [0.717, 1.165) is 11.3 Å². The second-order valence-corrected chi connectivity index (χ2v) is 11.2. The normalized spacial score (nSPS) is 16.4. The summed E-state index contributed by atoms with van der Waals surface area (Å²) in [7, 11) is 1.60. The molecule has 4 aromatic rings. The molecule has 0 spiro atoms. The van der Waals surface area contributed by atoms with Gasteiger partial charge in [-0.15, -0.1) is 0 Å². The number of carbonyl (C=O) groups is 1. The van der Waals surface area contributed by atoms with Gasteiger partial charge in [0.15, 0.2) is 11.6 Å². The Morgan fingerprint density at radius 2 is 1.76 bits per heavy atom. The third-order valence-corrected chi connectivity index (χ3v) is 8.11. The first-order valence-corrected chi connectivity index (χ1v) is 15.7. The molecule has 4 aromatic carbocycles. The zero-order valence-corrected chi connectivity index (χ0v) is 27.0.